The number of hydrogen-bond donors (Lipinski definition) is 0. The van der Waals surface area contributed by atoms with Gasteiger partial charge in [-0.1, -0.05) is 39.8 Å². The summed E-state index contributed by atoms with van der Waals surface area (Å²) in [7, 11) is 1.56. The summed E-state index contributed by atoms with van der Waals surface area (Å²) in [6.45, 7) is 12.8. The molecule has 0 aliphatic heterocycles. The van der Waals surface area contributed by atoms with E-state index in [1.54, 1.807) is 58.6 Å². The van der Waals surface area contributed by atoms with Crippen molar-refractivity contribution < 1.29 is 18.8 Å². The minimum atomic E-state index is -0.937. The smallest absolute Gasteiger partial charge is 0.314 e. The normalized spacial score (nSPS) is 11.5. The Bertz CT molecular complexity index is 606. The number of hydrogen-bond acceptors (Lipinski definition) is 5. The highest BCUT2D eigenvalue weighted by molar-refractivity contribution is 7.80. The first-order valence-corrected chi connectivity index (χ1v) is 10.0. The molecule has 140 valence electrons. The van der Waals surface area contributed by atoms with Crippen LogP contribution in [-0.2, 0) is 14.1 Å². The summed E-state index contributed by atoms with van der Waals surface area (Å²) in [4.78, 5) is 25.1. The van der Waals surface area contributed by atoms with Crippen molar-refractivity contribution in [3.8, 4) is 0 Å². The van der Waals surface area contributed by atoms with Gasteiger partial charge in [-0.3, -0.25) is 9.59 Å². The van der Waals surface area contributed by atoms with Gasteiger partial charge in [0.2, 0.25) is 0 Å². The van der Waals surface area contributed by atoms with Gasteiger partial charge >= 0.3 is 5.97 Å². The second kappa shape index (κ2) is 9.98. The van der Waals surface area contributed by atoms with E-state index in [1.807, 2.05) is 13.8 Å². The number of ether oxygens (including phenoxy) is 1. The van der Waals surface area contributed by atoms with Crippen LogP contribution < -0.4 is 0 Å². The number of ketones is 1. The highest BCUT2D eigenvalue weighted by Crippen LogP contribution is 2.43. The molecule has 0 spiro atoms. The van der Waals surface area contributed by atoms with E-state index in [9.17, 15) is 9.59 Å². The number of Topliss-reactive ketones (excluding diaryl/α,β-unsaturated/α-hetero) is 1. The Morgan fingerprint density at radius 2 is 1.40 bits per heavy atom. The number of thiocarbonyl (C=S) groups is 1. The van der Waals surface area contributed by atoms with E-state index in [0.717, 1.165) is 5.56 Å². The molecule has 6 heteroatoms. The fourth-order valence-corrected chi connectivity index (χ4v) is 2.57. The van der Waals surface area contributed by atoms with Crippen molar-refractivity contribution in [2.45, 2.75) is 41.5 Å². The Labute approximate surface area is 158 Å². The molecule has 0 aliphatic carbocycles. The summed E-state index contributed by atoms with van der Waals surface area (Å²) in [6, 6.07) is 6.89. The maximum Gasteiger partial charge on any atom is 0.314 e. The summed E-state index contributed by atoms with van der Waals surface area (Å²) < 4.78 is 10.1. The predicted molar refractivity (Wildman–Crippen MR) is 109 cm³/mol. The average Bonchev–Trinajstić information content (AvgIpc) is 2.62. The third-order valence-corrected chi connectivity index (χ3v) is 5.20. The first kappa shape index (κ1) is 23.7. The van der Waals surface area contributed by atoms with E-state index in [2.05, 4.69) is 0 Å². The maximum atomic E-state index is 12.9. The van der Waals surface area contributed by atoms with E-state index < -0.39 is 10.8 Å². The average molecular weight is 384 g/mol. The summed E-state index contributed by atoms with van der Waals surface area (Å²) in [6.07, 6.45) is 0. The van der Waals surface area contributed by atoms with Gasteiger partial charge < -0.3 is 9.26 Å². The first-order valence-electron chi connectivity index (χ1n) is 8.20. The third-order valence-electron chi connectivity index (χ3n) is 4.40. The van der Waals surface area contributed by atoms with Crippen LogP contribution >= 0.6 is 21.0 Å². The van der Waals surface area contributed by atoms with Gasteiger partial charge in [0.05, 0.1) is 21.3 Å². The molecular weight excluding hydrogens is 355 g/mol. The number of carbonyl (C=O) groups excluding carboxylic acids is 2. The van der Waals surface area contributed by atoms with Gasteiger partial charge in [-0.25, -0.2) is 0 Å². The van der Waals surface area contributed by atoms with Gasteiger partial charge in [-0.05, 0) is 44.9 Å². The highest BCUT2D eigenvalue weighted by Gasteiger charge is 2.49. The fraction of sp³-hybridized carbons (Fsp3) is 0.526. The van der Waals surface area contributed by atoms with Crippen molar-refractivity contribution >= 4 is 37.8 Å². The van der Waals surface area contributed by atoms with E-state index in [-0.39, 0.29) is 20.6 Å². The number of benzene rings is 1. The second-order valence-corrected chi connectivity index (χ2v) is 7.22. The number of rotatable bonds is 6. The Kier molecular flexibility index (Phi) is 9.45. The van der Waals surface area contributed by atoms with Crippen LogP contribution in [-0.4, -0.2) is 30.6 Å². The van der Waals surface area contributed by atoms with Crippen molar-refractivity contribution in [3.63, 3.8) is 0 Å². The van der Waals surface area contributed by atoms with Crippen LogP contribution in [0.3, 0.4) is 0 Å². The van der Waals surface area contributed by atoms with Crippen molar-refractivity contribution in [3.05, 3.63) is 35.4 Å². The van der Waals surface area contributed by atoms with E-state index in [4.69, 9.17) is 21.5 Å². The van der Waals surface area contributed by atoms with Crippen LogP contribution in [0.2, 0.25) is 0 Å². The molecule has 1 aromatic carbocycles. The molecule has 0 aliphatic rings. The standard InChI is InChI=1S/C17H23O4PS.C2H6/c1-16(2,17(3,4)15(19)21-22-6)13(18)11-7-9-12(10-8-11)14(23)20-5;1-2/h7-10,22H,1-6H3;1-2H3. The fourth-order valence-electron chi connectivity index (χ4n) is 2.00. The summed E-state index contributed by atoms with van der Waals surface area (Å²) in [5.74, 6) is -0.484. The van der Waals surface area contributed by atoms with Crippen LogP contribution in [0.25, 0.3) is 0 Å². The van der Waals surface area contributed by atoms with Gasteiger partial charge in [0.15, 0.2) is 10.8 Å². The zero-order valence-electron chi connectivity index (χ0n) is 16.4. The zero-order valence-corrected chi connectivity index (χ0v) is 18.2. The number of methoxy groups -OCH3 is 1. The minimum absolute atomic E-state index is 0.0569. The summed E-state index contributed by atoms with van der Waals surface area (Å²) in [5.41, 5.74) is -0.583. The molecule has 0 aromatic heterocycles. The third kappa shape index (κ3) is 5.32. The quantitative estimate of drug-likeness (QED) is 0.391. The maximum absolute atomic E-state index is 12.9. The molecule has 0 fully saturated rings. The lowest BCUT2D eigenvalue weighted by Crippen LogP contribution is -2.45. The molecule has 0 amide bonds. The molecular formula is C19H29O4PS. The van der Waals surface area contributed by atoms with Gasteiger partial charge in [-0.2, -0.15) is 0 Å². The molecule has 0 N–H and O–H groups in total. The van der Waals surface area contributed by atoms with Gasteiger partial charge in [0.1, 0.15) is 0 Å². The summed E-state index contributed by atoms with van der Waals surface area (Å²) >= 11 is 5.06. The lowest BCUT2D eigenvalue weighted by molar-refractivity contribution is -0.147. The van der Waals surface area contributed by atoms with Crippen LogP contribution in [0.15, 0.2) is 24.3 Å². The molecule has 4 nitrogen and oxygen atoms in total. The zero-order chi connectivity index (χ0) is 19.8. The lowest BCUT2D eigenvalue weighted by atomic mass is 9.64. The van der Waals surface area contributed by atoms with E-state index in [0.29, 0.717) is 10.6 Å². The molecule has 0 bridgehead atoms. The predicted octanol–water partition coefficient (Wildman–Crippen LogP) is 5.04. The lowest BCUT2D eigenvalue weighted by Gasteiger charge is -2.37. The molecule has 0 heterocycles. The van der Waals surface area contributed by atoms with Crippen LogP contribution in [0.5, 0.6) is 0 Å². The van der Waals surface area contributed by atoms with E-state index >= 15 is 0 Å². The van der Waals surface area contributed by atoms with Gasteiger partial charge in [-0.15, -0.1) is 0 Å². The summed E-state index contributed by atoms with van der Waals surface area (Å²) in [5, 5.41) is 0.371. The largest absolute Gasteiger partial charge is 0.486 e. The van der Waals surface area contributed by atoms with Crippen LogP contribution in [0.1, 0.15) is 57.5 Å². The molecule has 1 rings (SSSR count). The minimum Gasteiger partial charge on any atom is -0.486 e. The monoisotopic (exact) mass is 384 g/mol. The van der Waals surface area contributed by atoms with Crippen molar-refractivity contribution in [1.29, 1.82) is 0 Å². The highest BCUT2D eigenvalue weighted by atomic mass is 32.1. The van der Waals surface area contributed by atoms with Crippen molar-refractivity contribution in [2.75, 3.05) is 13.8 Å². The second-order valence-electron chi connectivity index (χ2n) is 6.24. The van der Waals surface area contributed by atoms with Crippen LogP contribution in [0.4, 0.5) is 0 Å². The Morgan fingerprint density at radius 1 is 0.960 bits per heavy atom. The molecule has 0 radical (unpaired) electrons. The molecule has 1 aromatic rings. The van der Waals surface area contributed by atoms with Gasteiger partial charge in [0.25, 0.3) is 0 Å². The van der Waals surface area contributed by atoms with Crippen molar-refractivity contribution in [1.82, 2.24) is 0 Å². The number of carbonyl (C=O) groups is 2. The molecule has 25 heavy (non-hydrogen) atoms. The van der Waals surface area contributed by atoms with E-state index in [1.165, 1.54) is 7.11 Å². The Hall–Kier alpha value is -1.32. The Morgan fingerprint density at radius 3 is 1.80 bits per heavy atom. The SMILES string of the molecule is CC.COC(=S)c1ccc(C(=O)C(C)(C)C(C)(C)C(=O)OPC)cc1. The first-order chi connectivity index (χ1) is 11.6. The van der Waals surface area contributed by atoms with Crippen LogP contribution in [0, 0.1) is 10.8 Å². The van der Waals surface area contributed by atoms with Crippen molar-refractivity contribution in [2.24, 2.45) is 10.8 Å². The molecule has 0 saturated heterocycles. The topological polar surface area (TPSA) is 52.6 Å². The molecule has 1 unspecified atom stereocenters. The Balaban J connectivity index is 0.00000277. The molecule has 0 saturated carbocycles. The molecule has 1 atom stereocenters. The van der Waals surface area contributed by atoms with Gasteiger partial charge in [0, 0.05) is 16.5 Å².